The van der Waals surface area contributed by atoms with Gasteiger partial charge in [0.05, 0.1) is 9.85 Å². The van der Waals surface area contributed by atoms with Crippen molar-refractivity contribution in [3.05, 3.63) is 63.8 Å². The van der Waals surface area contributed by atoms with Crippen LogP contribution in [0.15, 0.2) is 36.4 Å². The first-order chi connectivity index (χ1) is 10.2. The van der Waals surface area contributed by atoms with E-state index in [1.807, 2.05) is 45.2 Å². The van der Waals surface area contributed by atoms with Crippen LogP contribution < -0.4 is 11.5 Å². The topological polar surface area (TPSA) is 138 Å². The molecule has 22 heavy (non-hydrogen) atoms. The summed E-state index contributed by atoms with van der Waals surface area (Å²) in [5.74, 6) is 0. The number of hydrogen-bond donors (Lipinski definition) is 2. The fourth-order valence-electron chi connectivity index (χ4n) is 1.35. The number of benzene rings is 2. The fourth-order valence-corrected chi connectivity index (χ4v) is 2.30. The molecular weight excluding hydrogens is 518 g/mol. The molecule has 0 heterocycles. The van der Waals surface area contributed by atoms with Gasteiger partial charge in [-0.3, -0.25) is 20.2 Å². The molecule has 0 bridgehead atoms. The summed E-state index contributed by atoms with van der Waals surface area (Å²) in [6.45, 7) is 0. The zero-order valence-electron chi connectivity index (χ0n) is 10.9. The third-order valence-corrected chi connectivity index (χ3v) is 3.72. The van der Waals surface area contributed by atoms with E-state index >= 15 is 0 Å². The van der Waals surface area contributed by atoms with Crippen molar-refractivity contribution in [1.29, 1.82) is 0 Å². The van der Waals surface area contributed by atoms with Crippen molar-refractivity contribution in [2.75, 3.05) is 11.5 Å². The maximum atomic E-state index is 10.3. The van der Waals surface area contributed by atoms with Crippen LogP contribution in [0.1, 0.15) is 0 Å². The van der Waals surface area contributed by atoms with E-state index in [1.54, 1.807) is 12.1 Å². The monoisotopic (exact) mass is 528 g/mol. The summed E-state index contributed by atoms with van der Waals surface area (Å²) in [4.78, 5) is 19.6. The first-order valence-corrected chi connectivity index (χ1v) is 7.77. The van der Waals surface area contributed by atoms with Crippen LogP contribution in [0.2, 0.25) is 0 Å². The molecule has 2 aromatic rings. The molecule has 0 aliphatic carbocycles. The summed E-state index contributed by atoms with van der Waals surface area (Å²) in [5, 5.41) is 20.6. The molecule has 0 radical (unpaired) electrons. The van der Waals surface area contributed by atoms with Gasteiger partial charge in [0.2, 0.25) is 0 Å². The molecule has 2 aromatic carbocycles. The molecule has 116 valence electrons. The molecule has 0 aliphatic rings. The average molecular weight is 528 g/mol. The lowest BCUT2D eigenvalue weighted by atomic mass is 10.3. The zero-order chi connectivity index (χ0) is 16.9. The molecule has 0 aliphatic heterocycles. The number of hydrogen-bond acceptors (Lipinski definition) is 6. The lowest BCUT2D eigenvalue weighted by Gasteiger charge is -1.95. The van der Waals surface area contributed by atoms with Crippen molar-refractivity contribution in [3.8, 4) is 0 Å². The molecule has 0 saturated carbocycles. The van der Waals surface area contributed by atoms with Gasteiger partial charge in [0, 0.05) is 19.3 Å². The van der Waals surface area contributed by atoms with Crippen molar-refractivity contribution in [2.45, 2.75) is 0 Å². The largest absolute Gasteiger partial charge is 0.393 e. The van der Waals surface area contributed by atoms with E-state index < -0.39 is 9.85 Å². The summed E-state index contributed by atoms with van der Waals surface area (Å²) in [7, 11) is 0. The van der Waals surface area contributed by atoms with Gasteiger partial charge in [0.1, 0.15) is 11.4 Å². The van der Waals surface area contributed by atoms with Crippen molar-refractivity contribution in [3.63, 3.8) is 0 Å². The Morgan fingerprint density at radius 3 is 1.32 bits per heavy atom. The normalized spacial score (nSPS) is 9.55. The van der Waals surface area contributed by atoms with E-state index in [9.17, 15) is 20.2 Å². The summed E-state index contributed by atoms with van der Waals surface area (Å²) >= 11 is 3.99. The van der Waals surface area contributed by atoms with Gasteiger partial charge in [-0.15, -0.1) is 0 Å². The number of nitrogens with two attached hydrogens (primary N) is 2. The maximum absolute atomic E-state index is 10.3. The molecule has 0 spiro atoms. The van der Waals surface area contributed by atoms with Crippen molar-refractivity contribution in [2.24, 2.45) is 0 Å². The van der Waals surface area contributed by atoms with E-state index in [4.69, 9.17) is 11.5 Å². The van der Waals surface area contributed by atoms with Gasteiger partial charge in [0.15, 0.2) is 0 Å². The van der Waals surface area contributed by atoms with E-state index in [-0.39, 0.29) is 22.7 Å². The smallest absolute Gasteiger partial charge is 0.293 e. The van der Waals surface area contributed by atoms with Gasteiger partial charge in [-0.25, -0.2) is 0 Å². The summed E-state index contributed by atoms with van der Waals surface area (Å²) in [6.07, 6.45) is 0. The highest BCUT2D eigenvalue weighted by Gasteiger charge is 2.10. The SMILES string of the molecule is Nc1ccc(I)cc1[N+](=O)[O-].Nc1ccc(I)cc1[N+](=O)[O-]. The minimum absolute atomic E-state index is 0.0306. The molecule has 4 N–H and O–H groups in total. The van der Waals surface area contributed by atoms with Gasteiger partial charge in [-0.05, 0) is 69.4 Å². The number of nitro groups is 2. The van der Waals surface area contributed by atoms with Crippen LogP contribution in [-0.4, -0.2) is 9.85 Å². The highest BCUT2D eigenvalue weighted by molar-refractivity contribution is 14.1. The first kappa shape index (κ1) is 18.3. The van der Waals surface area contributed by atoms with E-state index in [1.165, 1.54) is 24.3 Å². The third kappa shape index (κ3) is 5.25. The van der Waals surface area contributed by atoms with Crippen LogP contribution in [0.5, 0.6) is 0 Å². The van der Waals surface area contributed by atoms with Gasteiger partial charge >= 0.3 is 0 Å². The van der Waals surface area contributed by atoms with Crippen LogP contribution in [0.3, 0.4) is 0 Å². The summed E-state index contributed by atoms with van der Waals surface area (Å²) in [5.41, 5.74) is 11.0. The predicted molar refractivity (Wildman–Crippen MR) is 100 cm³/mol. The van der Waals surface area contributed by atoms with Crippen LogP contribution in [0, 0.1) is 27.4 Å². The van der Waals surface area contributed by atoms with Gasteiger partial charge in [-0.2, -0.15) is 0 Å². The Hall–Kier alpha value is -1.70. The van der Waals surface area contributed by atoms with Crippen LogP contribution in [-0.2, 0) is 0 Å². The van der Waals surface area contributed by atoms with Crippen LogP contribution >= 0.6 is 45.2 Å². The highest BCUT2D eigenvalue weighted by Crippen LogP contribution is 2.23. The molecule has 10 heteroatoms. The Kier molecular flexibility index (Phi) is 6.73. The van der Waals surface area contributed by atoms with Crippen molar-refractivity contribution >= 4 is 67.9 Å². The lowest BCUT2D eigenvalue weighted by Crippen LogP contribution is -1.95. The Bertz CT molecular complexity index is 663. The molecule has 8 nitrogen and oxygen atoms in total. The first-order valence-electron chi connectivity index (χ1n) is 5.61. The van der Waals surface area contributed by atoms with E-state index in [2.05, 4.69) is 0 Å². The molecule has 0 unspecified atom stereocenters. The summed E-state index contributed by atoms with van der Waals surface area (Å²) in [6, 6.07) is 9.39. The van der Waals surface area contributed by atoms with Crippen LogP contribution in [0.25, 0.3) is 0 Å². The second-order valence-corrected chi connectivity index (χ2v) is 6.41. The number of anilines is 2. The van der Waals surface area contributed by atoms with E-state index in [0.717, 1.165) is 7.14 Å². The quantitative estimate of drug-likeness (QED) is 0.265. The molecule has 0 aromatic heterocycles. The Morgan fingerprint density at radius 1 is 0.773 bits per heavy atom. The Morgan fingerprint density at radius 2 is 1.09 bits per heavy atom. The number of nitrogens with zero attached hydrogens (tertiary/aromatic N) is 2. The number of halogens is 2. The number of nitro benzene ring substituents is 2. The summed E-state index contributed by atoms with van der Waals surface area (Å²) < 4.78 is 1.62. The minimum Gasteiger partial charge on any atom is -0.393 e. The lowest BCUT2D eigenvalue weighted by molar-refractivity contribution is -0.384. The molecule has 0 atom stereocenters. The number of rotatable bonds is 2. The van der Waals surface area contributed by atoms with Crippen molar-refractivity contribution in [1.82, 2.24) is 0 Å². The fraction of sp³-hybridized carbons (Fsp3) is 0. The Labute approximate surface area is 152 Å². The molecule has 2 rings (SSSR count). The standard InChI is InChI=1S/2C6H5IN2O2/c2*7-4-1-2-5(8)6(3-4)9(10)11/h2*1-3H,8H2. The second kappa shape index (κ2) is 8.07. The van der Waals surface area contributed by atoms with Gasteiger partial charge < -0.3 is 11.5 Å². The molecular formula is C12H10I2N4O4. The average Bonchev–Trinajstić information content (AvgIpc) is 2.44. The molecule has 0 amide bonds. The third-order valence-electron chi connectivity index (χ3n) is 2.38. The highest BCUT2D eigenvalue weighted by atomic mass is 127. The van der Waals surface area contributed by atoms with Crippen molar-refractivity contribution < 1.29 is 9.85 Å². The van der Waals surface area contributed by atoms with E-state index in [0.29, 0.717) is 0 Å². The van der Waals surface area contributed by atoms with Gasteiger partial charge in [0.25, 0.3) is 11.4 Å². The maximum Gasteiger partial charge on any atom is 0.293 e. The molecule has 0 fully saturated rings. The number of nitrogen functional groups attached to an aromatic ring is 2. The predicted octanol–water partition coefficient (Wildman–Crippen LogP) is 3.56. The second-order valence-electron chi connectivity index (χ2n) is 3.92. The zero-order valence-corrected chi connectivity index (χ0v) is 15.2. The Balaban J connectivity index is 0.000000220. The van der Waals surface area contributed by atoms with Gasteiger partial charge in [-0.1, -0.05) is 0 Å². The minimum atomic E-state index is -0.489. The van der Waals surface area contributed by atoms with Crippen LogP contribution in [0.4, 0.5) is 22.7 Å². The molecule has 0 saturated heterocycles.